The first kappa shape index (κ1) is 10.8. The maximum absolute atomic E-state index is 13.8. The largest absolute Gasteiger partial charge is 0.364 e. The number of amides is 1. The van der Waals surface area contributed by atoms with E-state index in [1.54, 1.807) is 16.8 Å². The van der Waals surface area contributed by atoms with Crippen LogP contribution in [-0.4, -0.2) is 20.5 Å². The lowest BCUT2D eigenvalue weighted by Crippen LogP contribution is -2.10. The minimum atomic E-state index is -0.735. The van der Waals surface area contributed by atoms with Crippen molar-refractivity contribution in [2.75, 3.05) is 0 Å². The first-order valence-corrected chi connectivity index (χ1v) is 5.87. The molecule has 0 fully saturated rings. The highest BCUT2D eigenvalue weighted by Gasteiger charge is 2.18. The molecule has 3 aromatic rings. The van der Waals surface area contributed by atoms with Gasteiger partial charge in [-0.05, 0) is 12.1 Å². The summed E-state index contributed by atoms with van der Waals surface area (Å²) in [5.41, 5.74) is 6.45. The van der Waals surface area contributed by atoms with Crippen molar-refractivity contribution in [3.8, 4) is 11.3 Å². The second-order valence-corrected chi connectivity index (χ2v) is 4.54. The molecule has 0 unspecified atom stereocenters. The molecular weight excluding hydrogens is 255 g/mol. The van der Waals surface area contributed by atoms with Crippen molar-refractivity contribution in [1.82, 2.24) is 14.6 Å². The van der Waals surface area contributed by atoms with E-state index in [4.69, 9.17) is 5.73 Å². The molecule has 0 aliphatic carbocycles. The number of carbonyl (C=O) groups excluding carboxylic acids is 1. The molecule has 0 spiro atoms. The minimum Gasteiger partial charge on any atom is -0.364 e. The average molecular weight is 262 g/mol. The predicted octanol–water partition coefficient (Wildman–Crippen LogP) is 1.70. The molecule has 0 saturated heterocycles. The van der Waals surface area contributed by atoms with Crippen molar-refractivity contribution in [3.05, 3.63) is 40.7 Å². The Morgan fingerprint density at radius 3 is 3.00 bits per heavy atom. The fourth-order valence-electron chi connectivity index (χ4n) is 1.69. The Labute approximate surface area is 105 Å². The fourth-order valence-corrected chi connectivity index (χ4v) is 2.35. The molecule has 0 bridgehead atoms. The van der Waals surface area contributed by atoms with Gasteiger partial charge in [0.15, 0.2) is 5.01 Å². The molecule has 0 radical (unpaired) electrons. The molecule has 0 aromatic carbocycles. The third-order valence-corrected chi connectivity index (χ3v) is 3.34. The average Bonchev–Trinajstić information content (AvgIpc) is 2.92. The molecule has 0 aliphatic rings. The van der Waals surface area contributed by atoms with Gasteiger partial charge in [-0.2, -0.15) is 9.49 Å². The Morgan fingerprint density at radius 2 is 2.28 bits per heavy atom. The highest BCUT2D eigenvalue weighted by molar-refractivity contribution is 7.12. The zero-order valence-corrected chi connectivity index (χ0v) is 9.82. The lowest BCUT2D eigenvalue weighted by atomic mass is 10.2. The van der Waals surface area contributed by atoms with E-state index < -0.39 is 11.0 Å². The van der Waals surface area contributed by atoms with Crippen molar-refractivity contribution in [3.63, 3.8) is 0 Å². The normalized spacial score (nSPS) is 10.9. The van der Waals surface area contributed by atoms with Crippen LogP contribution in [0.2, 0.25) is 0 Å². The lowest BCUT2D eigenvalue weighted by Gasteiger charge is -1.94. The second kappa shape index (κ2) is 3.88. The van der Waals surface area contributed by atoms with Crippen LogP contribution in [0.1, 0.15) is 9.80 Å². The molecular formula is C11H7FN4OS. The quantitative estimate of drug-likeness (QED) is 0.763. The summed E-state index contributed by atoms with van der Waals surface area (Å²) in [6, 6.07) is 5.43. The Hall–Kier alpha value is -2.28. The number of aromatic nitrogens is 3. The van der Waals surface area contributed by atoms with Crippen LogP contribution in [0, 0.1) is 5.13 Å². The summed E-state index contributed by atoms with van der Waals surface area (Å²) >= 11 is 0.640. The second-order valence-electron chi connectivity index (χ2n) is 3.59. The van der Waals surface area contributed by atoms with E-state index in [-0.39, 0.29) is 10.7 Å². The van der Waals surface area contributed by atoms with Gasteiger partial charge in [0.2, 0.25) is 5.13 Å². The summed E-state index contributed by atoms with van der Waals surface area (Å²) in [5.74, 6) is -0.735. The van der Waals surface area contributed by atoms with Crippen molar-refractivity contribution in [1.29, 1.82) is 0 Å². The number of hydrogen-bond acceptors (Lipinski definition) is 4. The Balaban J connectivity index is 2.23. The molecule has 0 aliphatic heterocycles. The number of nitrogens with two attached hydrogens (primary N) is 1. The van der Waals surface area contributed by atoms with E-state index in [9.17, 15) is 9.18 Å². The van der Waals surface area contributed by atoms with Gasteiger partial charge >= 0.3 is 0 Å². The smallest absolute Gasteiger partial charge is 0.277 e. The number of hydrogen-bond donors (Lipinski definition) is 1. The van der Waals surface area contributed by atoms with Gasteiger partial charge in [-0.1, -0.05) is 17.4 Å². The molecule has 2 N–H and O–H groups in total. The van der Waals surface area contributed by atoms with Gasteiger partial charge in [-0.3, -0.25) is 4.79 Å². The minimum absolute atomic E-state index is 0.0437. The molecule has 5 nitrogen and oxygen atoms in total. The molecule has 3 aromatic heterocycles. The molecule has 0 saturated carbocycles. The fraction of sp³-hybridized carbons (Fsp3) is 0. The highest BCUT2D eigenvalue weighted by Crippen LogP contribution is 2.29. The van der Waals surface area contributed by atoms with E-state index in [0.29, 0.717) is 16.9 Å². The van der Waals surface area contributed by atoms with E-state index in [2.05, 4.69) is 10.1 Å². The lowest BCUT2D eigenvalue weighted by molar-refractivity contribution is 0.1000. The van der Waals surface area contributed by atoms with Gasteiger partial charge in [0.05, 0.1) is 11.7 Å². The Morgan fingerprint density at radius 1 is 1.44 bits per heavy atom. The van der Waals surface area contributed by atoms with Crippen LogP contribution in [0.15, 0.2) is 30.6 Å². The molecule has 1 amide bonds. The molecule has 7 heteroatoms. The van der Waals surface area contributed by atoms with Gasteiger partial charge in [-0.15, -0.1) is 0 Å². The van der Waals surface area contributed by atoms with E-state index in [1.807, 2.05) is 12.1 Å². The van der Waals surface area contributed by atoms with Crippen LogP contribution in [0.4, 0.5) is 4.39 Å². The van der Waals surface area contributed by atoms with Gasteiger partial charge in [0.25, 0.3) is 5.91 Å². The van der Waals surface area contributed by atoms with E-state index in [1.165, 1.54) is 6.20 Å². The molecule has 90 valence electrons. The summed E-state index contributed by atoms with van der Waals surface area (Å²) in [7, 11) is 0. The summed E-state index contributed by atoms with van der Waals surface area (Å²) in [4.78, 5) is 14.9. The Kier molecular flexibility index (Phi) is 2.34. The maximum atomic E-state index is 13.8. The molecule has 3 rings (SSSR count). The highest BCUT2D eigenvalue weighted by atomic mass is 32.1. The third kappa shape index (κ3) is 1.56. The zero-order chi connectivity index (χ0) is 12.7. The van der Waals surface area contributed by atoms with Gasteiger partial charge < -0.3 is 5.73 Å². The van der Waals surface area contributed by atoms with E-state index in [0.717, 1.165) is 5.52 Å². The standard InChI is InChI=1S/C11H7FN4OS/c12-9-8(15-11(18-9)10(13)17)6-5-14-16-4-2-1-3-7(6)16/h1-5H,(H2,13,17). The monoisotopic (exact) mass is 262 g/mol. The summed E-state index contributed by atoms with van der Waals surface area (Å²) < 4.78 is 15.4. The predicted molar refractivity (Wildman–Crippen MR) is 64.8 cm³/mol. The molecule has 0 atom stereocenters. The first-order chi connectivity index (χ1) is 8.66. The van der Waals surface area contributed by atoms with Crippen LogP contribution in [-0.2, 0) is 0 Å². The van der Waals surface area contributed by atoms with Crippen LogP contribution >= 0.6 is 11.3 Å². The van der Waals surface area contributed by atoms with Gasteiger partial charge in [0.1, 0.15) is 5.69 Å². The van der Waals surface area contributed by atoms with Crippen LogP contribution < -0.4 is 5.73 Å². The number of carbonyl (C=O) groups is 1. The van der Waals surface area contributed by atoms with Crippen LogP contribution in [0.25, 0.3) is 16.8 Å². The number of halogens is 1. The summed E-state index contributed by atoms with van der Waals surface area (Å²) in [6.07, 6.45) is 3.26. The summed E-state index contributed by atoms with van der Waals surface area (Å²) in [6.45, 7) is 0. The number of nitrogens with zero attached hydrogens (tertiary/aromatic N) is 3. The molecule has 3 heterocycles. The van der Waals surface area contributed by atoms with Gasteiger partial charge in [0, 0.05) is 11.8 Å². The topological polar surface area (TPSA) is 73.3 Å². The zero-order valence-electron chi connectivity index (χ0n) is 9.00. The number of fused-ring (bicyclic) bond motifs is 1. The molecule has 18 heavy (non-hydrogen) atoms. The van der Waals surface area contributed by atoms with Gasteiger partial charge in [-0.25, -0.2) is 9.50 Å². The van der Waals surface area contributed by atoms with Crippen molar-refractivity contribution in [2.45, 2.75) is 0 Å². The maximum Gasteiger partial charge on any atom is 0.277 e. The number of pyridine rings is 1. The van der Waals surface area contributed by atoms with Crippen molar-refractivity contribution >= 4 is 22.8 Å². The first-order valence-electron chi connectivity index (χ1n) is 5.05. The van der Waals surface area contributed by atoms with E-state index >= 15 is 0 Å². The number of primary amides is 1. The van der Waals surface area contributed by atoms with Crippen LogP contribution in [0.3, 0.4) is 0 Å². The number of thiazole rings is 1. The summed E-state index contributed by atoms with van der Waals surface area (Å²) in [5, 5.41) is 3.51. The van der Waals surface area contributed by atoms with Crippen LogP contribution in [0.5, 0.6) is 0 Å². The Bertz CT molecular complexity index is 748. The third-order valence-electron chi connectivity index (χ3n) is 2.48. The SMILES string of the molecule is NC(=O)c1nc(-c2cnn3ccccc23)c(F)s1. The van der Waals surface area contributed by atoms with Crippen molar-refractivity contribution in [2.24, 2.45) is 5.73 Å². The number of rotatable bonds is 2. The van der Waals surface area contributed by atoms with Crippen molar-refractivity contribution < 1.29 is 9.18 Å².